The Labute approximate surface area is 152 Å². The highest BCUT2D eigenvalue weighted by Crippen LogP contribution is 2.38. The van der Waals surface area contributed by atoms with Crippen LogP contribution in [0.4, 0.5) is 20.6 Å². The van der Waals surface area contributed by atoms with E-state index in [0.29, 0.717) is 12.2 Å². The summed E-state index contributed by atoms with van der Waals surface area (Å²) in [7, 11) is 0. The average Bonchev–Trinajstić information content (AvgIpc) is 3.08. The van der Waals surface area contributed by atoms with Gasteiger partial charge in [0.1, 0.15) is 11.2 Å². The van der Waals surface area contributed by atoms with Crippen molar-refractivity contribution in [1.82, 2.24) is 4.90 Å². The van der Waals surface area contributed by atoms with Gasteiger partial charge in [-0.3, -0.25) is 10.1 Å². The Morgan fingerprint density at radius 3 is 2.68 bits per heavy atom. The second-order valence-electron chi connectivity index (χ2n) is 5.32. The van der Waals surface area contributed by atoms with E-state index in [0.717, 1.165) is 11.3 Å². The molecule has 2 aromatic carbocycles. The van der Waals surface area contributed by atoms with Crippen molar-refractivity contribution >= 4 is 40.8 Å². The van der Waals surface area contributed by atoms with Gasteiger partial charge in [-0.25, -0.2) is 9.18 Å². The van der Waals surface area contributed by atoms with E-state index in [1.54, 1.807) is 28.8 Å². The first-order chi connectivity index (χ1) is 12.0. The molecule has 3 rings (SSSR count). The van der Waals surface area contributed by atoms with E-state index in [2.05, 4.69) is 5.32 Å². The van der Waals surface area contributed by atoms with Gasteiger partial charge in [0.05, 0.1) is 9.95 Å². The molecule has 0 saturated carbocycles. The highest BCUT2D eigenvalue weighted by Gasteiger charge is 2.31. The minimum Gasteiger partial charge on any atom is -0.308 e. The van der Waals surface area contributed by atoms with Crippen LogP contribution in [0.2, 0.25) is 5.02 Å². The maximum absolute atomic E-state index is 13.2. The van der Waals surface area contributed by atoms with Crippen molar-refractivity contribution in [1.29, 1.82) is 0 Å². The van der Waals surface area contributed by atoms with Crippen molar-refractivity contribution in [3.63, 3.8) is 0 Å². The quantitative estimate of drug-likeness (QED) is 0.619. The van der Waals surface area contributed by atoms with Gasteiger partial charge in [0.15, 0.2) is 0 Å². The number of thioether (sulfide) groups is 1. The summed E-state index contributed by atoms with van der Waals surface area (Å²) in [6.45, 7) is 0.535. The Morgan fingerprint density at radius 2 is 2.04 bits per heavy atom. The van der Waals surface area contributed by atoms with E-state index in [4.69, 9.17) is 11.6 Å². The van der Waals surface area contributed by atoms with Crippen LogP contribution in [0.3, 0.4) is 0 Å². The summed E-state index contributed by atoms with van der Waals surface area (Å²) in [4.78, 5) is 24.4. The molecule has 0 bridgehead atoms. The van der Waals surface area contributed by atoms with Gasteiger partial charge in [-0.2, -0.15) is 0 Å². The first kappa shape index (κ1) is 17.5. The number of rotatable bonds is 3. The second kappa shape index (κ2) is 7.28. The topological polar surface area (TPSA) is 75.5 Å². The van der Waals surface area contributed by atoms with Crippen LogP contribution in [0.5, 0.6) is 0 Å². The summed E-state index contributed by atoms with van der Waals surface area (Å²) >= 11 is 7.29. The minimum absolute atomic E-state index is 0.00343. The molecule has 1 saturated heterocycles. The number of hydrogen-bond acceptors (Lipinski definition) is 4. The van der Waals surface area contributed by atoms with Gasteiger partial charge in [0, 0.05) is 30.1 Å². The van der Waals surface area contributed by atoms with Crippen LogP contribution in [0, 0.1) is 15.9 Å². The standard InChI is InChI=1S/C16H13ClFN3O3S/c17-13-9-11(3-6-14(13)18)19-16(22)20-7-8-25-15(20)10-1-4-12(5-2-10)21(23)24/h1-6,9,15H,7-8H2,(H,19,22). The van der Waals surface area contributed by atoms with Gasteiger partial charge >= 0.3 is 6.03 Å². The van der Waals surface area contributed by atoms with Gasteiger partial charge in [-0.05, 0) is 35.9 Å². The number of nitro benzene ring substituents is 1. The Bertz CT molecular complexity index is 819. The lowest BCUT2D eigenvalue weighted by atomic mass is 10.2. The fourth-order valence-corrected chi connectivity index (χ4v) is 3.92. The van der Waals surface area contributed by atoms with Gasteiger partial charge in [0.25, 0.3) is 5.69 Å². The van der Waals surface area contributed by atoms with Gasteiger partial charge in [-0.1, -0.05) is 11.6 Å². The number of nitro groups is 1. The lowest BCUT2D eigenvalue weighted by Gasteiger charge is -2.24. The van der Waals surface area contributed by atoms with Crippen LogP contribution in [0.15, 0.2) is 42.5 Å². The van der Waals surface area contributed by atoms with Gasteiger partial charge in [0.2, 0.25) is 0 Å². The third-order valence-electron chi connectivity index (χ3n) is 3.71. The van der Waals surface area contributed by atoms with E-state index in [1.807, 2.05) is 0 Å². The van der Waals surface area contributed by atoms with Crippen molar-refractivity contribution in [2.45, 2.75) is 5.37 Å². The predicted molar refractivity (Wildman–Crippen MR) is 95.4 cm³/mol. The maximum Gasteiger partial charge on any atom is 0.323 e. The molecule has 0 aromatic heterocycles. The molecule has 1 heterocycles. The molecule has 6 nitrogen and oxygen atoms in total. The zero-order valence-corrected chi connectivity index (χ0v) is 14.4. The molecule has 1 N–H and O–H groups in total. The molecular formula is C16H13ClFN3O3S. The van der Waals surface area contributed by atoms with Crippen molar-refractivity contribution in [2.75, 3.05) is 17.6 Å². The van der Waals surface area contributed by atoms with Gasteiger partial charge < -0.3 is 10.2 Å². The number of nitrogens with zero attached hydrogens (tertiary/aromatic N) is 2. The largest absolute Gasteiger partial charge is 0.323 e. The zero-order chi connectivity index (χ0) is 18.0. The summed E-state index contributed by atoms with van der Waals surface area (Å²) in [5, 5.41) is 13.1. The Hall–Kier alpha value is -2.32. The van der Waals surface area contributed by atoms with Crippen molar-refractivity contribution in [3.05, 3.63) is 69.0 Å². The number of benzene rings is 2. The Balaban J connectivity index is 1.75. The molecule has 0 aliphatic carbocycles. The fourth-order valence-electron chi connectivity index (χ4n) is 2.48. The van der Waals surface area contributed by atoms with Crippen molar-refractivity contribution < 1.29 is 14.1 Å². The molecule has 1 atom stereocenters. The van der Waals surface area contributed by atoms with E-state index >= 15 is 0 Å². The third kappa shape index (κ3) is 3.85. The summed E-state index contributed by atoms with van der Waals surface area (Å²) in [6, 6.07) is 9.77. The van der Waals surface area contributed by atoms with E-state index in [-0.39, 0.29) is 22.1 Å². The Morgan fingerprint density at radius 1 is 1.32 bits per heavy atom. The highest BCUT2D eigenvalue weighted by atomic mass is 35.5. The number of halogens is 2. The van der Waals surface area contributed by atoms with Crippen molar-refractivity contribution in [3.8, 4) is 0 Å². The lowest BCUT2D eigenvalue weighted by molar-refractivity contribution is -0.384. The van der Waals surface area contributed by atoms with Crippen LogP contribution >= 0.6 is 23.4 Å². The minimum atomic E-state index is -0.555. The number of nitrogens with one attached hydrogen (secondary N) is 1. The smallest absolute Gasteiger partial charge is 0.308 e. The maximum atomic E-state index is 13.2. The number of non-ortho nitro benzene ring substituents is 1. The Kier molecular flexibility index (Phi) is 5.10. The molecule has 0 radical (unpaired) electrons. The summed E-state index contributed by atoms with van der Waals surface area (Å²) < 4.78 is 13.2. The molecule has 25 heavy (non-hydrogen) atoms. The molecule has 1 aliphatic rings. The number of carbonyl (C=O) groups excluding carboxylic acids is 1. The summed E-state index contributed by atoms with van der Waals surface area (Å²) in [5.41, 5.74) is 1.21. The molecule has 2 aromatic rings. The fraction of sp³-hybridized carbons (Fsp3) is 0.188. The number of amides is 2. The first-order valence-electron chi connectivity index (χ1n) is 7.34. The first-order valence-corrected chi connectivity index (χ1v) is 8.77. The van der Waals surface area contributed by atoms with E-state index < -0.39 is 10.7 Å². The molecule has 1 unspecified atom stereocenters. The number of urea groups is 1. The predicted octanol–water partition coefficient (Wildman–Crippen LogP) is 4.67. The number of hydrogen-bond donors (Lipinski definition) is 1. The van der Waals surface area contributed by atoms with Gasteiger partial charge in [-0.15, -0.1) is 11.8 Å². The average molecular weight is 382 g/mol. The normalized spacial score (nSPS) is 16.7. The molecular weight excluding hydrogens is 369 g/mol. The van der Waals surface area contributed by atoms with E-state index in [1.165, 1.54) is 30.3 Å². The van der Waals surface area contributed by atoms with Crippen LogP contribution in [0.1, 0.15) is 10.9 Å². The van der Waals surface area contributed by atoms with Crippen LogP contribution in [-0.4, -0.2) is 28.2 Å². The van der Waals surface area contributed by atoms with Crippen LogP contribution in [-0.2, 0) is 0 Å². The third-order valence-corrected chi connectivity index (χ3v) is 5.26. The zero-order valence-electron chi connectivity index (χ0n) is 12.8. The van der Waals surface area contributed by atoms with Crippen molar-refractivity contribution in [2.24, 2.45) is 0 Å². The number of carbonyl (C=O) groups is 1. The monoisotopic (exact) mass is 381 g/mol. The summed E-state index contributed by atoms with van der Waals surface area (Å²) in [6.07, 6.45) is 0. The SMILES string of the molecule is O=C(Nc1ccc(F)c(Cl)c1)N1CCSC1c1ccc([N+](=O)[O-])cc1. The molecule has 1 fully saturated rings. The molecule has 1 aliphatic heterocycles. The molecule has 0 spiro atoms. The molecule has 2 amide bonds. The van der Waals surface area contributed by atoms with E-state index in [9.17, 15) is 19.3 Å². The molecule has 130 valence electrons. The van der Waals surface area contributed by atoms with Crippen LogP contribution < -0.4 is 5.32 Å². The lowest BCUT2D eigenvalue weighted by Crippen LogP contribution is -2.34. The second-order valence-corrected chi connectivity index (χ2v) is 6.92. The molecule has 9 heteroatoms. The number of anilines is 1. The highest BCUT2D eigenvalue weighted by molar-refractivity contribution is 7.99. The summed E-state index contributed by atoms with van der Waals surface area (Å²) in [5.74, 6) is 0.194. The van der Waals surface area contributed by atoms with Crippen LogP contribution in [0.25, 0.3) is 0 Å².